The highest BCUT2D eigenvalue weighted by molar-refractivity contribution is 6.31. The Bertz CT molecular complexity index is 406. The summed E-state index contributed by atoms with van der Waals surface area (Å²) in [7, 11) is 0. The zero-order chi connectivity index (χ0) is 13.5. The highest BCUT2D eigenvalue weighted by Crippen LogP contribution is 2.20. The second-order valence-electron chi connectivity index (χ2n) is 3.91. The Morgan fingerprint density at radius 1 is 1.56 bits per heavy atom. The van der Waals surface area contributed by atoms with Gasteiger partial charge in [0.05, 0.1) is 0 Å². The molecule has 18 heavy (non-hydrogen) atoms. The van der Waals surface area contributed by atoms with Crippen LogP contribution < -0.4 is 5.73 Å². The molecule has 0 atom stereocenters. The Morgan fingerprint density at radius 2 is 2.28 bits per heavy atom. The maximum Gasteiger partial charge on any atom is 0.140 e. The van der Waals surface area contributed by atoms with Gasteiger partial charge in [0.15, 0.2) is 0 Å². The highest BCUT2D eigenvalue weighted by Gasteiger charge is 2.11. The smallest absolute Gasteiger partial charge is 0.140 e. The Morgan fingerprint density at radius 3 is 2.83 bits per heavy atom. The van der Waals surface area contributed by atoms with Gasteiger partial charge in [-0.25, -0.2) is 4.39 Å². The van der Waals surface area contributed by atoms with E-state index in [4.69, 9.17) is 22.5 Å². The van der Waals surface area contributed by atoms with E-state index in [0.29, 0.717) is 30.1 Å². The fourth-order valence-electron chi connectivity index (χ4n) is 1.58. The van der Waals surface area contributed by atoms with Crippen molar-refractivity contribution in [1.29, 1.82) is 0 Å². The predicted molar refractivity (Wildman–Crippen MR) is 70.4 cm³/mol. The van der Waals surface area contributed by atoms with Gasteiger partial charge in [-0.05, 0) is 18.7 Å². The summed E-state index contributed by atoms with van der Waals surface area (Å²) in [5.41, 5.74) is 5.88. The number of rotatable bonds is 6. The zero-order valence-electron chi connectivity index (χ0n) is 10.2. The van der Waals surface area contributed by atoms with Gasteiger partial charge in [0, 0.05) is 30.1 Å². The average molecular weight is 274 g/mol. The number of hydrogen-bond donors (Lipinski definition) is 2. The van der Waals surface area contributed by atoms with Gasteiger partial charge in [-0.1, -0.05) is 29.7 Å². The summed E-state index contributed by atoms with van der Waals surface area (Å²) >= 11 is 5.97. The third-order valence-electron chi connectivity index (χ3n) is 2.70. The first-order valence-corrected chi connectivity index (χ1v) is 6.08. The zero-order valence-corrected chi connectivity index (χ0v) is 11.0. The molecule has 0 saturated heterocycles. The highest BCUT2D eigenvalue weighted by atomic mass is 35.5. The lowest BCUT2D eigenvalue weighted by molar-refractivity contribution is 0.279. The SMILES string of the molecule is CCN(CC/C(N)=N/O)Cc1c(F)cccc1Cl. The van der Waals surface area contributed by atoms with Crippen molar-refractivity contribution in [3.05, 3.63) is 34.6 Å². The first-order valence-electron chi connectivity index (χ1n) is 5.70. The molecule has 1 aromatic carbocycles. The maximum atomic E-state index is 13.6. The van der Waals surface area contributed by atoms with E-state index in [-0.39, 0.29) is 11.7 Å². The van der Waals surface area contributed by atoms with Crippen molar-refractivity contribution in [2.75, 3.05) is 13.1 Å². The van der Waals surface area contributed by atoms with Crippen LogP contribution in [0, 0.1) is 5.82 Å². The lowest BCUT2D eigenvalue weighted by Crippen LogP contribution is -2.28. The van der Waals surface area contributed by atoms with Gasteiger partial charge in [-0.15, -0.1) is 0 Å². The third-order valence-corrected chi connectivity index (χ3v) is 3.06. The molecular weight excluding hydrogens is 257 g/mol. The van der Waals surface area contributed by atoms with E-state index >= 15 is 0 Å². The Balaban J connectivity index is 2.68. The summed E-state index contributed by atoms with van der Waals surface area (Å²) in [6.45, 7) is 3.67. The Hall–Kier alpha value is -1.33. The summed E-state index contributed by atoms with van der Waals surface area (Å²) in [6.07, 6.45) is 0.427. The normalized spacial score (nSPS) is 12.1. The molecule has 100 valence electrons. The molecule has 0 heterocycles. The second kappa shape index (κ2) is 7.18. The van der Waals surface area contributed by atoms with Crippen molar-refractivity contribution in [1.82, 2.24) is 4.90 Å². The summed E-state index contributed by atoms with van der Waals surface area (Å²) in [6, 6.07) is 4.63. The third kappa shape index (κ3) is 4.16. The van der Waals surface area contributed by atoms with E-state index < -0.39 is 0 Å². The molecule has 0 fully saturated rings. The first-order chi connectivity index (χ1) is 8.58. The molecule has 1 rings (SSSR count). The van der Waals surface area contributed by atoms with Crippen molar-refractivity contribution in [2.45, 2.75) is 19.9 Å². The molecule has 0 saturated carbocycles. The van der Waals surface area contributed by atoms with Crippen LogP contribution >= 0.6 is 11.6 Å². The van der Waals surface area contributed by atoms with Crippen LogP contribution in [0.4, 0.5) is 4.39 Å². The van der Waals surface area contributed by atoms with Crippen molar-refractivity contribution < 1.29 is 9.60 Å². The number of halogens is 2. The van der Waals surface area contributed by atoms with Crippen molar-refractivity contribution in [3.63, 3.8) is 0 Å². The number of nitrogens with two attached hydrogens (primary N) is 1. The monoisotopic (exact) mass is 273 g/mol. The van der Waals surface area contributed by atoms with E-state index in [1.807, 2.05) is 11.8 Å². The van der Waals surface area contributed by atoms with E-state index in [2.05, 4.69) is 5.16 Å². The van der Waals surface area contributed by atoms with Crippen LogP contribution in [0.25, 0.3) is 0 Å². The first kappa shape index (κ1) is 14.7. The quantitative estimate of drug-likeness (QED) is 0.362. The molecule has 0 aliphatic heterocycles. The van der Waals surface area contributed by atoms with E-state index in [9.17, 15) is 4.39 Å². The molecule has 0 aromatic heterocycles. The van der Waals surface area contributed by atoms with Gasteiger partial charge in [0.2, 0.25) is 0 Å². The molecule has 0 radical (unpaired) electrons. The lowest BCUT2D eigenvalue weighted by atomic mass is 10.2. The van der Waals surface area contributed by atoms with Crippen molar-refractivity contribution in [3.8, 4) is 0 Å². The number of hydrogen-bond acceptors (Lipinski definition) is 3. The van der Waals surface area contributed by atoms with Crippen LogP contribution in [0.1, 0.15) is 18.9 Å². The van der Waals surface area contributed by atoms with Crippen molar-refractivity contribution in [2.24, 2.45) is 10.9 Å². The van der Waals surface area contributed by atoms with E-state index in [0.717, 1.165) is 6.54 Å². The predicted octanol–water partition coefficient (Wildman–Crippen LogP) is 2.44. The molecule has 4 nitrogen and oxygen atoms in total. The van der Waals surface area contributed by atoms with E-state index in [1.165, 1.54) is 6.07 Å². The largest absolute Gasteiger partial charge is 0.409 e. The van der Waals surface area contributed by atoms with Crippen LogP contribution in [0.15, 0.2) is 23.4 Å². The van der Waals surface area contributed by atoms with Gasteiger partial charge in [0.1, 0.15) is 11.7 Å². The molecule has 3 N–H and O–H groups in total. The minimum Gasteiger partial charge on any atom is -0.409 e. The van der Waals surface area contributed by atoms with Gasteiger partial charge in [0.25, 0.3) is 0 Å². The molecule has 0 amide bonds. The van der Waals surface area contributed by atoms with Crippen LogP contribution in [0.2, 0.25) is 5.02 Å². The fourth-order valence-corrected chi connectivity index (χ4v) is 1.80. The Labute approximate surface area is 111 Å². The molecule has 0 spiro atoms. The summed E-state index contributed by atoms with van der Waals surface area (Å²) < 4.78 is 13.6. The van der Waals surface area contributed by atoms with Crippen LogP contribution in [-0.2, 0) is 6.54 Å². The van der Waals surface area contributed by atoms with Crippen molar-refractivity contribution >= 4 is 17.4 Å². The number of oxime groups is 1. The molecule has 0 bridgehead atoms. The fraction of sp³-hybridized carbons (Fsp3) is 0.417. The lowest BCUT2D eigenvalue weighted by Gasteiger charge is -2.21. The van der Waals surface area contributed by atoms with Gasteiger partial charge in [-0.3, -0.25) is 4.90 Å². The molecule has 1 aromatic rings. The molecule has 0 aliphatic carbocycles. The number of benzene rings is 1. The average Bonchev–Trinajstić information content (AvgIpc) is 2.37. The van der Waals surface area contributed by atoms with Gasteiger partial charge >= 0.3 is 0 Å². The molecule has 0 aliphatic rings. The maximum absolute atomic E-state index is 13.6. The minimum atomic E-state index is -0.315. The summed E-state index contributed by atoms with van der Waals surface area (Å²) in [4.78, 5) is 1.97. The number of amidine groups is 1. The summed E-state index contributed by atoms with van der Waals surface area (Å²) in [5.74, 6) is -0.155. The van der Waals surface area contributed by atoms with E-state index in [1.54, 1.807) is 12.1 Å². The van der Waals surface area contributed by atoms with Crippen LogP contribution in [0.5, 0.6) is 0 Å². The minimum absolute atomic E-state index is 0.160. The molecule has 6 heteroatoms. The Kier molecular flexibility index (Phi) is 5.88. The molecular formula is C12H17ClFN3O. The van der Waals surface area contributed by atoms with Crippen LogP contribution in [-0.4, -0.2) is 29.0 Å². The molecule has 0 unspecified atom stereocenters. The van der Waals surface area contributed by atoms with Gasteiger partial charge < -0.3 is 10.9 Å². The second-order valence-corrected chi connectivity index (χ2v) is 4.32. The van der Waals surface area contributed by atoms with Crippen LogP contribution in [0.3, 0.4) is 0 Å². The summed E-state index contributed by atoms with van der Waals surface area (Å²) in [5, 5.41) is 11.8. The van der Waals surface area contributed by atoms with Gasteiger partial charge in [-0.2, -0.15) is 0 Å². The number of nitrogens with zero attached hydrogens (tertiary/aromatic N) is 2. The standard InChI is InChI=1S/C12H17ClFN3O/c1-2-17(7-6-12(15)16-18)8-9-10(13)4-3-5-11(9)14/h3-5,18H,2,6-8H2,1H3,(H2,15,16). The topological polar surface area (TPSA) is 61.8 Å².